The number of nitrogens with zero attached hydrogens (tertiary/aromatic N) is 3. The van der Waals surface area contributed by atoms with Crippen molar-refractivity contribution in [3.63, 3.8) is 0 Å². The van der Waals surface area contributed by atoms with Crippen molar-refractivity contribution in [1.82, 2.24) is 9.80 Å². The molecule has 0 N–H and O–H groups in total. The SMILES string of the molecule is COc1cc2c(cc1OC)CN(C(=O)CN(CCc1ccccc1)C(=O)c1ccc([N+](=O)[O-])cc1Cl)CC2. The van der Waals surface area contributed by atoms with E-state index in [9.17, 15) is 19.7 Å². The van der Waals surface area contributed by atoms with Crippen LogP contribution in [0.15, 0.2) is 60.7 Å². The Morgan fingerprint density at radius 2 is 1.71 bits per heavy atom. The van der Waals surface area contributed by atoms with E-state index in [0.717, 1.165) is 22.8 Å². The summed E-state index contributed by atoms with van der Waals surface area (Å²) in [7, 11) is 3.15. The third kappa shape index (κ3) is 6.06. The minimum Gasteiger partial charge on any atom is -0.493 e. The van der Waals surface area contributed by atoms with Crippen LogP contribution in [-0.4, -0.2) is 60.4 Å². The molecule has 1 heterocycles. The van der Waals surface area contributed by atoms with E-state index in [2.05, 4.69) is 0 Å². The number of fused-ring (bicyclic) bond motifs is 1. The number of hydrogen-bond donors (Lipinski definition) is 0. The lowest BCUT2D eigenvalue weighted by atomic mass is 9.98. The van der Waals surface area contributed by atoms with E-state index in [-0.39, 0.29) is 35.3 Å². The highest BCUT2D eigenvalue weighted by Crippen LogP contribution is 2.33. The zero-order valence-corrected chi connectivity index (χ0v) is 21.9. The van der Waals surface area contributed by atoms with Crippen molar-refractivity contribution in [1.29, 1.82) is 0 Å². The number of carbonyl (C=O) groups excluding carboxylic acids is 2. The number of non-ortho nitro benzene ring substituents is 1. The number of nitro benzene ring substituents is 1. The second kappa shape index (κ2) is 12.0. The third-order valence-corrected chi connectivity index (χ3v) is 6.90. The molecule has 0 atom stereocenters. The van der Waals surface area contributed by atoms with Crippen LogP contribution in [-0.2, 0) is 24.2 Å². The summed E-state index contributed by atoms with van der Waals surface area (Å²) in [5.41, 5.74) is 2.96. The molecule has 3 aromatic rings. The summed E-state index contributed by atoms with van der Waals surface area (Å²) in [5, 5.41) is 11.1. The Labute approximate surface area is 225 Å². The number of benzene rings is 3. The summed E-state index contributed by atoms with van der Waals surface area (Å²) in [6.07, 6.45) is 1.18. The molecule has 198 valence electrons. The predicted molar refractivity (Wildman–Crippen MR) is 143 cm³/mol. The quantitative estimate of drug-likeness (QED) is 0.293. The lowest BCUT2D eigenvalue weighted by Gasteiger charge is -2.32. The molecule has 0 fully saturated rings. The van der Waals surface area contributed by atoms with Crippen LogP contribution in [0.1, 0.15) is 27.0 Å². The molecular formula is C28H28ClN3O6. The highest BCUT2D eigenvalue weighted by atomic mass is 35.5. The van der Waals surface area contributed by atoms with Crippen LogP contribution in [0.3, 0.4) is 0 Å². The van der Waals surface area contributed by atoms with E-state index in [0.29, 0.717) is 37.4 Å². The molecule has 38 heavy (non-hydrogen) atoms. The van der Waals surface area contributed by atoms with Gasteiger partial charge in [-0.3, -0.25) is 19.7 Å². The number of hydrogen-bond acceptors (Lipinski definition) is 6. The topological polar surface area (TPSA) is 102 Å². The van der Waals surface area contributed by atoms with Gasteiger partial charge in [0, 0.05) is 31.8 Å². The van der Waals surface area contributed by atoms with E-state index in [1.807, 2.05) is 42.5 Å². The molecule has 1 aliphatic rings. The summed E-state index contributed by atoms with van der Waals surface area (Å²) in [4.78, 5) is 40.6. The minimum atomic E-state index is -0.574. The molecule has 10 heteroatoms. The van der Waals surface area contributed by atoms with Gasteiger partial charge in [0.15, 0.2) is 11.5 Å². The first kappa shape index (κ1) is 26.9. The Balaban J connectivity index is 1.54. The van der Waals surface area contributed by atoms with Gasteiger partial charge in [-0.05, 0) is 47.7 Å². The monoisotopic (exact) mass is 537 g/mol. The molecule has 2 amide bonds. The van der Waals surface area contributed by atoms with Crippen LogP contribution < -0.4 is 9.47 Å². The molecule has 0 unspecified atom stereocenters. The third-order valence-electron chi connectivity index (χ3n) is 6.59. The van der Waals surface area contributed by atoms with E-state index in [1.165, 1.54) is 17.0 Å². The molecule has 0 bridgehead atoms. The number of amides is 2. The maximum absolute atomic E-state index is 13.5. The minimum absolute atomic E-state index is 0.0331. The Morgan fingerprint density at radius 3 is 2.34 bits per heavy atom. The Bertz CT molecular complexity index is 1350. The zero-order valence-electron chi connectivity index (χ0n) is 21.2. The van der Waals surface area contributed by atoms with Crippen LogP contribution in [0.2, 0.25) is 5.02 Å². The Morgan fingerprint density at radius 1 is 1.03 bits per heavy atom. The van der Waals surface area contributed by atoms with Crippen LogP contribution in [0.5, 0.6) is 11.5 Å². The van der Waals surface area contributed by atoms with Gasteiger partial charge in [0.1, 0.15) is 6.54 Å². The average molecular weight is 538 g/mol. The van der Waals surface area contributed by atoms with E-state index >= 15 is 0 Å². The first-order valence-corrected chi connectivity index (χ1v) is 12.5. The predicted octanol–water partition coefficient (Wildman–Crippen LogP) is 4.54. The summed E-state index contributed by atoms with van der Waals surface area (Å²) < 4.78 is 10.8. The number of methoxy groups -OCH3 is 2. The van der Waals surface area contributed by atoms with Crippen LogP contribution in [0.4, 0.5) is 5.69 Å². The maximum Gasteiger partial charge on any atom is 0.270 e. The summed E-state index contributed by atoms with van der Waals surface area (Å²) in [6.45, 7) is 1.01. The van der Waals surface area contributed by atoms with Gasteiger partial charge < -0.3 is 19.3 Å². The lowest BCUT2D eigenvalue weighted by Crippen LogP contribution is -2.45. The second-order valence-corrected chi connectivity index (χ2v) is 9.33. The maximum atomic E-state index is 13.5. The van der Waals surface area contributed by atoms with Crippen molar-refractivity contribution in [3.8, 4) is 11.5 Å². The summed E-state index contributed by atoms with van der Waals surface area (Å²) >= 11 is 6.25. The number of ether oxygens (including phenoxy) is 2. The zero-order chi connectivity index (χ0) is 27.2. The molecular weight excluding hydrogens is 510 g/mol. The van der Waals surface area contributed by atoms with Gasteiger partial charge in [-0.1, -0.05) is 41.9 Å². The molecule has 4 rings (SSSR count). The molecule has 9 nitrogen and oxygen atoms in total. The van der Waals surface area contributed by atoms with E-state index in [4.69, 9.17) is 21.1 Å². The van der Waals surface area contributed by atoms with Gasteiger partial charge in [0.2, 0.25) is 5.91 Å². The fourth-order valence-corrected chi connectivity index (χ4v) is 4.74. The van der Waals surface area contributed by atoms with E-state index < -0.39 is 10.8 Å². The molecule has 0 spiro atoms. The number of halogens is 1. The van der Waals surface area contributed by atoms with Gasteiger partial charge >= 0.3 is 0 Å². The number of nitro groups is 1. The molecule has 0 aliphatic carbocycles. The van der Waals surface area contributed by atoms with Crippen molar-refractivity contribution in [2.45, 2.75) is 19.4 Å². The van der Waals surface area contributed by atoms with Crippen molar-refractivity contribution < 1.29 is 24.0 Å². The second-order valence-electron chi connectivity index (χ2n) is 8.92. The van der Waals surface area contributed by atoms with Gasteiger partial charge in [-0.15, -0.1) is 0 Å². The van der Waals surface area contributed by atoms with Gasteiger partial charge in [-0.25, -0.2) is 0 Å². The number of rotatable bonds is 9. The highest BCUT2D eigenvalue weighted by Gasteiger charge is 2.27. The average Bonchev–Trinajstić information content (AvgIpc) is 2.94. The molecule has 0 saturated heterocycles. The van der Waals surface area contributed by atoms with Crippen molar-refractivity contribution >= 4 is 29.1 Å². The largest absolute Gasteiger partial charge is 0.493 e. The first-order chi connectivity index (χ1) is 18.3. The first-order valence-electron chi connectivity index (χ1n) is 12.1. The molecule has 1 aliphatic heterocycles. The molecule has 3 aromatic carbocycles. The molecule has 0 saturated carbocycles. The van der Waals surface area contributed by atoms with Gasteiger partial charge in [-0.2, -0.15) is 0 Å². The highest BCUT2D eigenvalue weighted by molar-refractivity contribution is 6.34. The Hall–Kier alpha value is -4.11. The molecule has 0 radical (unpaired) electrons. The smallest absolute Gasteiger partial charge is 0.270 e. The summed E-state index contributed by atoms with van der Waals surface area (Å²) in [5.74, 6) is 0.569. The van der Waals surface area contributed by atoms with Gasteiger partial charge in [0.25, 0.3) is 11.6 Å². The van der Waals surface area contributed by atoms with Crippen LogP contribution in [0, 0.1) is 10.1 Å². The van der Waals surface area contributed by atoms with Gasteiger partial charge in [0.05, 0.1) is 29.7 Å². The van der Waals surface area contributed by atoms with Crippen LogP contribution >= 0.6 is 11.6 Å². The Kier molecular flexibility index (Phi) is 8.48. The lowest BCUT2D eigenvalue weighted by molar-refractivity contribution is -0.384. The standard InChI is InChI=1S/C28H28ClN3O6/c1-37-25-14-20-11-13-30(17-21(20)15-26(25)38-2)27(33)18-31(12-10-19-6-4-3-5-7-19)28(34)23-9-8-22(32(35)36)16-24(23)29/h3-9,14-16H,10-13,17-18H2,1-2H3. The summed E-state index contributed by atoms with van der Waals surface area (Å²) in [6, 6.07) is 17.2. The normalized spacial score (nSPS) is 12.4. The van der Waals surface area contributed by atoms with Crippen molar-refractivity contribution in [3.05, 3.63) is 98.1 Å². The fraction of sp³-hybridized carbons (Fsp3) is 0.286. The van der Waals surface area contributed by atoms with Crippen molar-refractivity contribution in [2.24, 2.45) is 0 Å². The van der Waals surface area contributed by atoms with E-state index in [1.54, 1.807) is 19.1 Å². The fourth-order valence-electron chi connectivity index (χ4n) is 4.48. The van der Waals surface area contributed by atoms with Crippen molar-refractivity contribution in [2.75, 3.05) is 33.9 Å². The number of carbonyl (C=O) groups is 2. The molecule has 0 aromatic heterocycles. The van der Waals surface area contributed by atoms with Crippen LogP contribution in [0.25, 0.3) is 0 Å².